The molecule has 5 nitrogen and oxygen atoms in total. The van der Waals surface area contributed by atoms with Crippen molar-refractivity contribution in [1.29, 1.82) is 0 Å². The zero-order valence-electron chi connectivity index (χ0n) is 15.8. The van der Waals surface area contributed by atoms with Gasteiger partial charge in [-0.05, 0) is 25.7 Å². The normalized spacial score (nSPS) is 27.7. The zero-order valence-corrected chi connectivity index (χ0v) is 15.8. The number of nitrogens with zero attached hydrogens (tertiary/aromatic N) is 2. The summed E-state index contributed by atoms with van der Waals surface area (Å²) in [6, 6.07) is 0.220. The predicted molar refractivity (Wildman–Crippen MR) is 96.2 cm³/mol. The third-order valence-corrected chi connectivity index (χ3v) is 5.74. The predicted octanol–water partition coefficient (Wildman–Crippen LogP) is 3.45. The smallest absolute Gasteiger partial charge is 0.223 e. The molecule has 2 heterocycles. The van der Waals surface area contributed by atoms with E-state index in [1.165, 1.54) is 6.42 Å². The molecule has 0 spiro atoms. The van der Waals surface area contributed by atoms with Crippen LogP contribution in [0.2, 0.25) is 0 Å². The van der Waals surface area contributed by atoms with Crippen LogP contribution in [0.15, 0.2) is 10.6 Å². The van der Waals surface area contributed by atoms with Crippen LogP contribution >= 0.6 is 0 Å². The molecule has 0 aromatic carbocycles. The van der Waals surface area contributed by atoms with Gasteiger partial charge >= 0.3 is 0 Å². The molecule has 0 bridgehead atoms. The highest BCUT2D eigenvalue weighted by Gasteiger charge is 2.38. The summed E-state index contributed by atoms with van der Waals surface area (Å²) in [5.41, 5.74) is -0.0631. The van der Waals surface area contributed by atoms with Gasteiger partial charge in [-0.25, -0.2) is 4.98 Å². The Kier molecular flexibility index (Phi) is 5.52. The van der Waals surface area contributed by atoms with Gasteiger partial charge in [0.05, 0.1) is 12.3 Å². The van der Waals surface area contributed by atoms with Gasteiger partial charge in [-0.15, -0.1) is 0 Å². The summed E-state index contributed by atoms with van der Waals surface area (Å²) < 4.78 is 5.80. The number of aliphatic hydroxyl groups excluding tert-OH is 1. The average molecular weight is 348 g/mol. The lowest BCUT2D eigenvalue weighted by molar-refractivity contribution is -0.134. The quantitative estimate of drug-likeness (QED) is 0.905. The minimum absolute atomic E-state index is 0.0631. The first-order valence-electron chi connectivity index (χ1n) is 9.79. The number of hydrogen-bond donors (Lipinski definition) is 1. The molecule has 2 fully saturated rings. The molecular weight excluding hydrogens is 316 g/mol. The lowest BCUT2D eigenvalue weighted by atomic mass is 9.80. The molecule has 1 aliphatic heterocycles. The van der Waals surface area contributed by atoms with E-state index >= 15 is 0 Å². The summed E-state index contributed by atoms with van der Waals surface area (Å²) in [6.45, 7) is 7.10. The molecule has 3 atom stereocenters. The van der Waals surface area contributed by atoms with Crippen LogP contribution in [-0.4, -0.2) is 39.6 Å². The lowest BCUT2D eigenvalue weighted by Crippen LogP contribution is -2.45. The molecule has 1 amide bonds. The molecule has 2 aliphatic rings. The Labute approximate surface area is 150 Å². The second-order valence-electron chi connectivity index (χ2n) is 8.68. The number of aliphatic hydroxyl groups is 1. The van der Waals surface area contributed by atoms with Crippen molar-refractivity contribution in [2.45, 2.75) is 89.7 Å². The number of aromatic nitrogens is 1. The van der Waals surface area contributed by atoms with Crippen molar-refractivity contribution in [3.05, 3.63) is 17.8 Å². The first-order valence-corrected chi connectivity index (χ1v) is 9.79. The highest BCUT2D eigenvalue weighted by molar-refractivity contribution is 5.77. The largest absolute Gasteiger partial charge is 0.445 e. The van der Waals surface area contributed by atoms with E-state index in [1.807, 2.05) is 4.90 Å². The Morgan fingerprint density at radius 3 is 2.72 bits per heavy atom. The van der Waals surface area contributed by atoms with Crippen molar-refractivity contribution in [1.82, 2.24) is 9.88 Å². The summed E-state index contributed by atoms with van der Waals surface area (Å²) in [5.74, 6) is 1.94. The number of hydrogen-bond acceptors (Lipinski definition) is 4. The maximum absolute atomic E-state index is 12.8. The van der Waals surface area contributed by atoms with Crippen molar-refractivity contribution < 1.29 is 14.3 Å². The van der Waals surface area contributed by atoms with Gasteiger partial charge in [0.25, 0.3) is 0 Å². The number of likely N-dealkylation sites (tertiary alicyclic amines) is 1. The van der Waals surface area contributed by atoms with Crippen molar-refractivity contribution in [2.24, 2.45) is 5.92 Å². The lowest BCUT2D eigenvalue weighted by Gasteiger charge is -2.37. The Morgan fingerprint density at radius 2 is 2.04 bits per heavy atom. The number of carbonyl (C=O) groups is 1. The third kappa shape index (κ3) is 4.25. The Balaban J connectivity index is 1.57. The van der Waals surface area contributed by atoms with E-state index in [1.54, 1.807) is 6.20 Å². The zero-order chi connectivity index (χ0) is 18.0. The Morgan fingerprint density at radius 1 is 1.28 bits per heavy atom. The molecule has 1 aliphatic carbocycles. The maximum atomic E-state index is 12.8. The molecule has 1 aromatic rings. The SMILES string of the molecule is CC(C)(C)c1cnc(CCC(=O)N2CCC[C@@H]2[C@H]2CCCC[C@H]2O)o1. The van der Waals surface area contributed by atoms with Crippen molar-refractivity contribution in [3.63, 3.8) is 0 Å². The van der Waals surface area contributed by atoms with Gasteiger partial charge < -0.3 is 14.4 Å². The number of aryl methyl sites for hydroxylation is 1. The van der Waals surface area contributed by atoms with Crippen LogP contribution in [0.3, 0.4) is 0 Å². The van der Waals surface area contributed by atoms with Crippen LogP contribution in [0.5, 0.6) is 0 Å². The first kappa shape index (κ1) is 18.4. The molecule has 140 valence electrons. The van der Waals surface area contributed by atoms with Gasteiger partial charge in [-0.1, -0.05) is 33.6 Å². The van der Waals surface area contributed by atoms with Crippen molar-refractivity contribution in [2.75, 3.05) is 6.54 Å². The fraction of sp³-hybridized carbons (Fsp3) is 0.800. The minimum atomic E-state index is -0.242. The third-order valence-electron chi connectivity index (χ3n) is 5.74. The Hall–Kier alpha value is -1.36. The van der Waals surface area contributed by atoms with E-state index in [-0.39, 0.29) is 29.4 Å². The molecule has 3 rings (SSSR count). The average Bonchev–Trinajstić information content (AvgIpc) is 3.22. The monoisotopic (exact) mass is 348 g/mol. The van der Waals surface area contributed by atoms with Gasteiger partial charge in [-0.2, -0.15) is 0 Å². The molecule has 25 heavy (non-hydrogen) atoms. The van der Waals surface area contributed by atoms with Gasteiger partial charge in [-0.3, -0.25) is 4.79 Å². The minimum Gasteiger partial charge on any atom is -0.445 e. The Bertz CT molecular complexity index is 590. The highest BCUT2D eigenvalue weighted by Crippen LogP contribution is 2.35. The molecule has 5 heteroatoms. The van der Waals surface area contributed by atoms with E-state index in [2.05, 4.69) is 25.8 Å². The summed E-state index contributed by atoms with van der Waals surface area (Å²) in [6.07, 6.45) is 8.80. The summed E-state index contributed by atoms with van der Waals surface area (Å²) >= 11 is 0. The van der Waals surface area contributed by atoms with Crippen molar-refractivity contribution >= 4 is 5.91 Å². The molecule has 0 radical (unpaired) electrons. The number of oxazole rings is 1. The molecule has 1 N–H and O–H groups in total. The second kappa shape index (κ2) is 7.48. The maximum Gasteiger partial charge on any atom is 0.223 e. The van der Waals surface area contributed by atoms with Crippen LogP contribution in [-0.2, 0) is 16.6 Å². The van der Waals surface area contributed by atoms with Crippen LogP contribution in [0, 0.1) is 5.92 Å². The molecule has 1 saturated carbocycles. The topological polar surface area (TPSA) is 66.6 Å². The number of amides is 1. The number of rotatable bonds is 4. The van der Waals surface area contributed by atoms with Crippen LogP contribution in [0.25, 0.3) is 0 Å². The molecule has 0 unspecified atom stereocenters. The summed E-state index contributed by atoms with van der Waals surface area (Å²) in [5, 5.41) is 10.4. The van der Waals surface area contributed by atoms with Gasteiger partial charge in [0.15, 0.2) is 5.89 Å². The van der Waals surface area contributed by atoms with Gasteiger partial charge in [0.1, 0.15) is 5.76 Å². The number of carbonyl (C=O) groups excluding carboxylic acids is 1. The standard InChI is InChI=1S/C20H32N2O3/c1-20(2,3)17-13-21-18(25-17)10-11-19(24)22-12-6-8-15(22)14-7-4-5-9-16(14)23/h13-16,23H,4-12H2,1-3H3/t14-,15-,16-/m1/s1. The van der Waals surface area contributed by atoms with Crippen LogP contribution in [0.1, 0.15) is 77.4 Å². The summed E-state index contributed by atoms with van der Waals surface area (Å²) in [4.78, 5) is 19.1. The van der Waals surface area contributed by atoms with Gasteiger partial charge in [0.2, 0.25) is 5.91 Å². The van der Waals surface area contributed by atoms with E-state index in [4.69, 9.17) is 4.42 Å². The second-order valence-corrected chi connectivity index (χ2v) is 8.68. The van der Waals surface area contributed by atoms with Crippen LogP contribution in [0.4, 0.5) is 0 Å². The van der Waals surface area contributed by atoms with E-state index < -0.39 is 0 Å². The van der Waals surface area contributed by atoms with Crippen molar-refractivity contribution in [3.8, 4) is 0 Å². The van der Waals surface area contributed by atoms with E-state index in [9.17, 15) is 9.90 Å². The molecule has 1 saturated heterocycles. The van der Waals surface area contributed by atoms with Crippen LogP contribution < -0.4 is 0 Å². The van der Waals surface area contributed by atoms with E-state index in [0.29, 0.717) is 18.7 Å². The highest BCUT2D eigenvalue weighted by atomic mass is 16.4. The molecule has 1 aromatic heterocycles. The molecular formula is C20H32N2O3. The summed E-state index contributed by atoms with van der Waals surface area (Å²) in [7, 11) is 0. The van der Waals surface area contributed by atoms with E-state index in [0.717, 1.165) is 44.4 Å². The fourth-order valence-electron chi connectivity index (χ4n) is 4.27. The van der Waals surface area contributed by atoms with Gasteiger partial charge in [0, 0.05) is 36.8 Å². The first-order chi connectivity index (χ1) is 11.9. The fourth-order valence-corrected chi connectivity index (χ4v) is 4.27.